The summed E-state index contributed by atoms with van der Waals surface area (Å²) in [6.45, 7) is 0.749. The first-order valence-electron chi connectivity index (χ1n) is 8.68. The smallest absolute Gasteiger partial charge is 0.126 e. The third-order valence-electron chi connectivity index (χ3n) is 3.35. The number of rotatable bonds is 7. The van der Waals surface area contributed by atoms with Crippen molar-refractivity contribution in [1.29, 1.82) is 0 Å². The van der Waals surface area contributed by atoms with Gasteiger partial charge in [-0.25, -0.2) is 3.63 Å². The Balaban J connectivity index is 0.000000273. The van der Waals surface area contributed by atoms with E-state index >= 15 is 0 Å². The van der Waals surface area contributed by atoms with E-state index < -0.39 is 0 Å². The summed E-state index contributed by atoms with van der Waals surface area (Å²) < 4.78 is 5.42. The molecule has 3 aromatic rings. The lowest BCUT2D eigenvalue weighted by Crippen LogP contribution is -2.25. The van der Waals surface area contributed by atoms with Crippen LogP contribution in [0.1, 0.15) is 5.69 Å². The van der Waals surface area contributed by atoms with Crippen molar-refractivity contribution in [2.45, 2.75) is 9.79 Å². The molecule has 0 amide bonds. The number of hydrogen-bond acceptors (Lipinski definition) is 7. The lowest BCUT2D eigenvalue weighted by Gasteiger charge is -2.08. The van der Waals surface area contributed by atoms with Gasteiger partial charge in [0.1, 0.15) is 10.7 Å². The molecule has 1 heterocycles. The highest BCUT2D eigenvalue weighted by Crippen LogP contribution is 2.43. The molecule has 176 valence electrons. The Bertz CT molecular complexity index is 991. The van der Waals surface area contributed by atoms with E-state index in [2.05, 4.69) is 27.9 Å². The molecule has 0 radical (unpaired) electrons. The van der Waals surface area contributed by atoms with Crippen LogP contribution in [0.2, 0.25) is 30.1 Å². The van der Waals surface area contributed by atoms with Gasteiger partial charge >= 0.3 is 0 Å². The maximum Gasteiger partial charge on any atom is 0.126 e. The predicted molar refractivity (Wildman–Crippen MR) is 151 cm³/mol. The number of nitrogens with one attached hydrogen (secondary N) is 1. The van der Waals surface area contributed by atoms with Crippen molar-refractivity contribution in [2.75, 3.05) is 12.3 Å². The van der Waals surface area contributed by atoms with E-state index in [4.69, 9.17) is 85.5 Å². The average Bonchev–Trinajstić information content (AvgIpc) is 2.76. The number of benzene rings is 2. The standard InChI is InChI=1S/C12H4Cl6OS2.C7H9N3S2/c13-5-1-7(15)11(8(16)2-5)20-19-21-12-9(17)3-6(14)4-10(12)18;11-4-3-10-7(12)6-5-8-1-2-9-6/h1-4H;1-2,5,11H,3-4H2,(H,10,12). The van der Waals surface area contributed by atoms with E-state index in [0.29, 0.717) is 50.6 Å². The normalized spacial score (nSPS) is 10.4. The van der Waals surface area contributed by atoms with Crippen molar-refractivity contribution in [3.05, 3.63) is 78.7 Å². The third kappa shape index (κ3) is 9.97. The van der Waals surface area contributed by atoms with Crippen LogP contribution < -0.4 is 5.32 Å². The Hall–Kier alpha value is 0.160. The Morgan fingerprint density at radius 3 is 1.76 bits per heavy atom. The first-order valence-corrected chi connectivity index (χ1v) is 13.5. The molecule has 14 heteroatoms. The minimum absolute atomic E-state index is 0.395. The fourth-order valence-electron chi connectivity index (χ4n) is 1.98. The summed E-state index contributed by atoms with van der Waals surface area (Å²) in [5.41, 5.74) is 0.703. The van der Waals surface area contributed by atoms with Gasteiger partial charge in [-0.15, -0.1) is 0 Å². The van der Waals surface area contributed by atoms with Gasteiger partial charge in [0.15, 0.2) is 0 Å². The molecule has 4 nitrogen and oxygen atoms in total. The monoisotopic (exact) mass is 637 g/mol. The van der Waals surface area contributed by atoms with Gasteiger partial charge in [-0.2, -0.15) is 12.6 Å². The van der Waals surface area contributed by atoms with Gasteiger partial charge in [-0.3, -0.25) is 9.97 Å². The maximum atomic E-state index is 6.05. The average molecular weight is 640 g/mol. The highest BCUT2D eigenvalue weighted by molar-refractivity contribution is 8.08. The molecular weight excluding hydrogens is 627 g/mol. The summed E-state index contributed by atoms with van der Waals surface area (Å²) in [6.07, 6.45) is 4.86. The first kappa shape index (κ1) is 29.4. The summed E-state index contributed by atoms with van der Waals surface area (Å²) in [7, 11) is 0. The summed E-state index contributed by atoms with van der Waals surface area (Å²) >= 11 is 46.9. The van der Waals surface area contributed by atoms with Crippen molar-refractivity contribution in [3.8, 4) is 0 Å². The Labute approximate surface area is 241 Å². The van der Waals surface area contributed by atoms with E-state index in [9.17, 15) is 0 Å². The second kappa shape index (κ2) is 15.3. The summed E-state index contributed by atoms with van der Waals surface area (Å²) in [5.74, 6) is 0.750. The molecule has 0 aliphatic heterocycles. The summed E-state index contributed by atoms with van der Waals surface area (Å²) in [5, 5.41) is 5.48. The summed E-state index contributed by atoms with van der Waals surface area (Å²) in [6, 6.07) is 6.31. The van der Waals surface area contributed by atoms with Crippen LogP contribution in [0.15, 0.2) is 52.6 Å². The molecule has 33 heavy (non-hydrogen) atoms. The molecule has 0 saturated carbocycles. The molecule has 0 unspecified atom stereocenters. The zero-order chi connectivity index (χ0) is 24.4. The highest BCUT2D eigenvalue weighted by Gasteiger charge is 2.13. The molecule has 0 spiro atoms. The molecule has 1 N–H and O–H groups in total. The van der Waals surface area contributed by atoms with Crippen molar-refractivity contribution >= 4 is 124 Å². The highest BCUT2D eigenvalue weighted by atomic mass is 35.5. The fraction of sp³-hybridized carbons (Fsp3) is 0.105. The van der Waals surface area contributed by atoms with E-state index in [1.165, 1.54) is 0 Å². The lowest BCUT2D eigenvalue weighted by molar-refractivity contribution is 0.757. The minimum atomic E-state index is 0.395. The molecule has 1 aromatic heterocycles. The molecule has 0 atom stereocenters. The topological polar surface area (TPSA) is 47.0 Å². The Morgan fingerprint density at radius 2 is 1.36 bits per heavy atom. The number of aromatic nitrogens is 2. The van der Waals surface area contributed by atoms with Crippen LogP contribution in [0.5, 0.6) is 0 Å². The van der Waals surface area contributed by atoms with Crippen LogP contribution in [-0.4, -0.2) is 27.3 Å². The quantitative estimate of drug-likeness (QED) is 0.152. The van der Waals surface area contributed by atoms with E-state index in [0.717, 1.165) is 36.4 Å². The van der Waals surface area contributed by atoms with E-state index in [1.54, 1.807) is 42.9 Å². The Kier molecular flexibility index (Phi) is 13.6. The van der Waals surface area contributed by atoms with Crippen molar-refractivity contribution in [3.63, 3.8) is 0 Å². The van der Waals surface area contributed by atoms with Crippen LogP contribution in [0.3, 0.4) is 0 Å². The van der Waals surface area contributed by atoms with Crippen LogP contribution in [0.25, 0.3) is 0 Å². The largest absolute Gasteiger partial charge is 0.374 e. The number of nitrogens with zero attached hydrogens (tertiary/aromatic N) is 2. The van der Waals surface area contributed by atoms with Gasteiger partial charge in [0, 0.05) is 58.8 Å². The lowest BCUT2D eigenvalue weighted by atomic mass is 10.4. The SMILES string of the molecule is Clc1cc(Cl)c(SOSc2c(Cl)cc(Cl)cc2Cl)c(Cl)c1.S=C(NCCS)c1cnccn1. The molecule has 3 rings (SSSR count). The molecule has 0 fully saturated rings. The van der Waals surface area contributed by atoms with Crippen molar-refractivity contribution < 1.29 is 3.63 Å². The summed E-state index contributed by atoms with van der Waals surface area (Å²) in [4.78, 5) is 9.67. The van der Waals surface area contributed by atoms with Crippen LogP contribution >= 0.6 is 119 Å². The van der Waals surface area contributed by atoms with Gasteiger partial charge in [-0.05, 0) is 24.3 Å². The first-order chi connectivity index (χ1) is 15.7. The molecule has 2 aromatic carbocycles. The van der Waals surface area contributed by atoms with E-state index in [-0.39, 0.29) is 0 Å². The van der Waals surface area contributed by atoms with Crippen molar-refractivity contribution in [1.82, 2.24) is 15.3 Å². The van der Waals surface area contributed by atoms with Crippen molar-refractivity contribution in [2.24, 2.45) is 0 Å². The zero-order valence-electron chi connectivity index (χ0n) is 16.2. The molecule has 0 aliphatic carbocycles. The number of thiocarbonyl (C=S) groups is 1. The zero-order valence-corrected chi connectivity index (χ0v) is 24.1. The number of thiol groups is 1. The minimum Gasteiger partial charge on any atom is -0.374 e. The molecule has 0 aliphatic rings. The van der Waals surface area contributed by atoms with Crippen LogP contribution in [0, 0.1) is 0 Å². The van der Waals surface area contributed by atoms with Gasteiger partial charge in [0.25, 0.3) is 0 Å². The van der Waals surface area contributed by atoms with Crippen LogP contribution in [0.4, 0.5) is 0 Å². The second-order valence-corrected chi connectivity index (χ2v) is 10.8. The van der Waals surface area contributed by atoms with Gasteiger partial charge in [0.05, 0.1) is 36.1 Å². The second-order valence-electron chi connectivity index (χ2n) is 5.70. The van der Waals surface area contributed by atoms with Crippen LogP contribution in [-0.2, 0) is 3.63 Å². The maximum absolute atomic E-state index is 6.05. The van der Waals surface area contributed by atoms with Gasteiger partial charge in [-0.1, -0.05) is 81.8 Å². The third-order valence-corrected chi connectivity index (χ3v) is 7.77. The fourth-order valence-corrected chi connectivity index (χ4v) is 5.54. The van der Waals surface area contributed by atoms with Gasteiger partial charge < -0.3 is 5.32 Å². The molecule has 0 bridgehead atoms. The Morgan fingerprint density at radius 1 is 0.879 bits per heavy atom. The number of halogens is 6. The van der Waals surface area contributed by atoms with Gasteiger partial charge in [0.2, 0.25) is 0 Å². The van der Waals surface area contributed by atoms with E-state index in [1.807, 2.05) is 0 Å². The number of hydrogen-bond donors (Lipinski definition) is 2. The molecule has 0 saturated heterocycles. The molecular formula is C19H13Cl6N3OS4. The predicted octanol–water partition coefficient (Wildman–Crippen LogP) is 9.01.